The van der Waals surface area contributed by atoms with Gasteiger partial charge in [0.05, 0.1) is 6.42 Å². The molecule has 0 spiro atoms. The van der Waals surface area contributed by atoms with Gasteiger partial charge in [0.25, 0.3) is 0 Å². The SMILES string of the molecule is CC(C)C1CCCN1C(=O)NC(CC(N)=O)C(=O)O. The van der Waals surface area contributed by atoms with Crippen molar-refractivity contribution >= 4 is 17.9 Å². The maximum atomic E-state index is 12.1. The van der Waals surface area contributed by atoms with Gasteiger partial charge in [-0.1, -0.05) is 13.8 Å². The maximum absolute atomic E-state index is 12.1. The summed E-state index contributed by atoms with van der Waals surface area (Å²) in [6.07, 6.45) is 1.42. The fraction of sp³-hybridized carbons (Fsp3) is 0.750. The summed E-state index contributed by atoms with van der Waals surface area (Å²) in [7, 11) is 0. The van der Waals surface area contributed by atoms with Crippen molar-refractivity contribution in [1.82, 2.24) is 10.2 Å². The Morgan fingerprint density at radius 2 is 2.05 bits per heavy atom. The molecule has 0 aromatic carbocycles. The molecule has 3 amide bonds. The van der Waals surface area contributed by atoms with Gasteiger partial charge >= 0.3 is 12.0 Å². The first-order valence-electron chi connectivity index (χ1n) is 6.41. The summed E-state index contributed by atoms with van der Waals surface area (Å²) in [6, 6.07) is -1.59. The number of hydrogen-bond donors (Lipinski definition) is 3. The molecule has 1 aliphatic rings. The molecule has 2 atom stereocenters. The van der Waals surface area contributed by atoms with Crippen LogP contribution in [0.15, 0.2) is 0 Å². The average Bonchev–Trinajstić information content (AvgIpc) is 2.76. The van der Waals surface area contributed by atoms with Crippen molar-refractivity contribution in [2.75, 3.05) is 6.54 Å². The van der Waals surface area contributed by atoms with Crippen molar-refractivity contribution in [3.8, 4) is 0 Å². The molecule has 0 bridgehead atoms. The number of urea groups is 1. The molecule has 1 rings (SSSR count). The summed E-state index contributed by atoms with van der Waals surface area (Å²) in [5.74, 6) is -1.70. The van der Waals surface area contributed by atoms with Crippen molar-refractivity contribution in [1.29, 1.82) is 0 Å². The summed E-state index contributed by atoms with van der Waals surface area (Å²) in [4.78, 5) is 35.4. The quantitative estimate of drug-likeness (QED) is 0.660. The lowest BCUT2D eigenvalue weighted by molar-refractivity contribution is -0.141. The van der Waals surface area contributed by atoms with Crippen LogP contribution in [0.4, 0.5) is 4.79 Å². The van der Waals surface area contributed by atoms with Crippen LogP contribution in [0.5, 0.6) is 0 Å². The molecule has 0 aromatic heterocycles. The van der Waals surface area contributed by atoms with Gasteiger partial charge < -0.3 is 21.1 Å². The number of nitrogens with two attached hydrogens (primary N) is 1. The highest BCUT2D eigenvalue weighted by Crippen LogP contribution is 2.23. The van der Waals surface area contributed by atoms with Crippen molar-refractivity contribution in [2.45, 2.75) is 45.2 Å². The number of nitrogens with zero attached hydrogens (tertiary/aromatic N) is 1. The molecule has 1 aliphatic heterocycles. The van der Waals surface area contributed by atoms with E-state index in [0.717, 1.165) is 12.8 Å². The van der Waals surface area contributed by atoms with Crippen LogP contribution in [0.3, 0.4) is 0 Å². The van der Waals surface area contributed by atoms with Gasteiger partial charge in [0.2, 0.25) is 5.91 Å². The van der Waals surface area contributed by atoms with Gasteiger partial charge in [0.15, 0.2) is 0 Å². The van der Waals surface area contributed by atoms with Crippen LogP contribution in [-0.2, 0) is 9.59 Å². The first kappa shape index (κ1) is 15.3. The van der Waals surface area contributed by atoms with E-state index in [1.54, 1.807) is 4.90 Å². The number of amides is 3. The van der Waals surface area contributed by atoms with Gasteiger partial charge in [-0.15, -0.1) is 0 Å². The van der Waals surface area contributed by atoms with Crippen molar-refractivity contribution in [3.05, 3.63) is 0 Å². The zero-order valence-corrected chi connectivity index (χ0v) is 11.3. The maximum Gasteiger partial charge on any atom is 0.326 e. The number of carbonyl (C=O) groups excluding carboxylic acids is 2. The number of carboxylic acid groups (broad SMARTS) is 1. The minimum absolute atomic E-state index is 0.114. The van der Waals surface area contributed by atoms with E-state index >= 15 is 0 Å². The number of hydrogen-bond acceptors (Lipinski definition) is 3. The highest BCUT2D eigenvalue weighted by atomic mass is 16.4. The lowest BCUT2D eigenvalue weighted by Crippen LogP contribution is -2.51. The molecule has 0 aliphatic carbocycles. The third kappa shape index (κ3) is 4.11. The largest absolute Gasteiger partial charge is 0.480 e. The van der Waals surface area contributed by atoms with E-state index in [-0.39, 0.29) is 6.04 Å². The third-order valence-electron chi connectivity index (χ3n) is 3.33. The van der Waals surface area contributed by atoms with E-state index in [1.165, 1.54) is 0 Å². The number of carboxylic acids is 1. The van der Waals surface area contributed by atoms with Gasteiger partial charge in [-0.3, -0.25) is 4.79 Å². The fourth-order valence-electron chi connectivity index (χ4n) is 2.37. The summed E-state index contributed by atoms with van der Waals surface area (Å²) >= 11 is 0. The molecule has 7 nitrogen and oxygen atoms in total. The Balaban J connectivity index is 2.66. The topological polar surface area (TPSA) is 113 Å². The number of nitrogens with one attached hydrogen (secondary N) is 1. The second-order valence-electron chi connectivity index (χ2n) is 5.16. The zero-order valence-electron chi connectivity index (χ0n) is 11.3. The number of carbonyl (C=O) groups is 3. The molecule has 7 heteroatoms. The molecule has 1 fully saturated rings. The Morgan fingerprint density at radius 1 is 1.42 bits per heavy atom. The van der Waals surface area contributed by atoms with Gasteiger partial charge in [-0.05, 0) is 18.8 Å². The zero-order chi connectivity index (χ0) is 14.6. The van der Waals surface area contributed by atoms with Crippen LogP contribution in [0.2, 0.25) is 0 Å². The minimum atomic E-state index is -1.27. The molecule has 4 N–H and O–H groups in total. The number of likely N-dealkylation sites (tertiary alicyclic amines) is 1. The highest BCUT2D eigenvalue weighted by Gasteiger charge is 2.33. The number of aliphatic carboxylic acids is 1. The normalized spacial score (nSPS) is 20.4. The van der Waals surface area contributed by atoms with E-state index in [0.29, 0.717) is 12.5 Å². The summed E-state index contributed by atoms with van der Waals surface area (Å²) in [6.45, 7) is 4.65. The highest BCUT2D eigenvalue weighted by molar-refractivity contribution is 5.87. The fourth-order valence-corrected chi connectivity index (χ4v) is 2.37. The Labute approximate surface area is 112 Å². The Hall–Kier alpha value is -1.79. The van der Waals surface area contributed by atoms with Gasteiger partial charge in [0, 0.05) is 12.6 Å². The van der Waals surface area contributed by atoms with Crippen molar-refractivity contribution in [3.63, 3.8) is 0 Å². The van der Waals surface area contributed by atoms with Crippen LogP contribution in [0.25, 0.3) is 0 Å². The Bertz CT molecular complexity index is 370. The standard InChI is InChI=1S/C12H21N3O4/c1-7(2)9-4-3-5-15(9)12(19)14-8(11(17)18)6-10(13)16/h7-9H,3-6H2,1-2H3,(H2,13,16)(H,14,19)(H,17,18). The molecule has 108 valence electrons. The summed E-state index contributed by atoms with van der Waals surface area (Å²) in [5, 5.41) is 11.3. The number of rotatable bonds is 5. The molecule has 0 radical (unpaired) electrons. The van der Waals surface area contributed by atoms with Crippen LogP contribution in [0, 0.1) is 5.92 Å². The first-order chi connectivity index (χ1) is 8.82. The first-order valence-corrected chi connectivity index (χ1v) is 6.41. The minimum Gasteiger partial charge on any atom is -0.480 e. The lowest BCUT2D eigenvalue weighted by Gasteiger charge is -2.29. The van der Waals surface area contributed by atoms with Gasteiger partial charge in [-0.25, -0.2) is 9.59 Å². The van der Waals surface area contributed by atoms with E-state index < -0.39 is 30.4 Å². The lowest BCUT2D eigenvalue weighted by atomic mass is 10.0. The number of primary amides is 1. The Morgan fingerprint density at radius 3 is 2.53 bits per heavy atom. The monoisotopic (exact) mass is 271 g/mol. The predicted octanol–water partition coefficient (Wildman–Crippen LogP) is 0.145. The molecule has 19 heavy (non-hydrogen) atoms. The molecule has 0 aromatic rings. The van der Waals surface area contributed by atoms with Crippen LogP contribution >= 0.6 is 0 Å². The smallest absolute Gasteiger partial charge is 0.326 e. The van der Waals surface area contributed by atoms with E-state index in [2.05, 4.69) is 5.32 Å². The average molecular weight is 271 g/mol. The molecular weight excluding hydrogens is 250 g/mol. The van der Waals surface area contributed by atoms with Gasteiger partial charge in [-0.2, -0.15) is 0 Å². The summed E-state index contributed by atoms with van der Waals surface area (Å²) in [5.41, 5.74) is 4.97. The van der Waals surface area contributed by atoms with E-state index in [9.17, 15) is 14.4 Å². The van der Waals surface area contributed by atoms with E-state index in [4.69, 9.17) is 10.8 Å². The Kier molecular flexibility index (Phi) is 5.14. The predicted molar refractivity (Wildman–Crippen MR) is 68.3 cm³/mol. The second kappa shape index (κ2) is 6.40. The van der Waals surface area contributed by atoms with Crippen molar-refractivity contribution in [2.24, 2.45) is 11.7 Å². The van der Waals surface area contributed by atoms with Crippen LogP contribution in [0.1, 0.15) is 33.1 Å². The molecule has 1 heterocycles. The molecular formula is C12H21N3O4. The molecule has 2 unspecified atom stereocenters. The molecule has 0 saturated carbocycles. The van der Waals surface area contributed by atoms with Crippen LogP contribution in [-0.4, -0.2) is 46.5 Å². The molecule has 1 saturated heterocycles. The van der Waals surface area contributed by atoms with Crippen molar-refractivity contribution < 1.29 is 19.5 Å². The van der Waals surface area contributed by atoms with E-state index in [1.807, 2.05) is 13.8 Å². The summed E-state index contributed by atoms with van der Waals surface area (Å²) < 4.78 is 0. The van der Waals surface area contributed by atoms with Crippen LogP contribution < -0.4 is 11.1 Å². The van der Waals surface area contributed by atoms with Gasteiger partial charge in [0.1, 0.15) is 6.04 Å². The third-order valence-corrected chi connectivity index (χ3v) is 3.33. The second-order valence-corrected chi connectivity index (χ2v) is 5.16.